The highest BCUT2D eigenvalue weighted by molar-refractivity contribution is 5.36. The van der Waals surface area contributed by atoms with Crippen LogP contribution in [-0.4, -0.2) is 13.7 Å². The van der Waals surface area contributed by atoms with E-state index in [2.05, 4.69) is 12.2 Å². The van der Waals surface area contributed by atoms with Gasteiger partial charge in [-0.3, -0.25) is 0 Å². The number of rotatable bonds is 6. The lowest BCUT2D eigenvalue weighted by molar-refractivity contribution is 0.399. The van der Waals surface area contributed by atoms with E-state index in [0.29, 0.717) is 0 Å². The van der Waals surface area contributed by atoms with E-state index in [1.807, 2.05) is 6.92 Å². The third-order valence-electron chi connectivity index (χ3n) is 2.64. The maximum Gasteiger partial charge on any atom is 0.123 e. The molecule has 0 fully saturated rings. The molecule has 0 radical (unpaired) electrons. The highest BCUT2D eigenvalue weighted by Crippen LogP contribution is 2.25. The van der Waals surface area contributed by atoms with Crippen molar-refractivity contribution in [3.05, 3.63) is 29.6 Å². The molecule has 0 amide bonds. The van der Waals surface area contributed by atoms with Crippen molar-refractivity contribution in [2.45, 2.75) is 32.7 Å². The molecule has 1 N–H and O–H groups in total. The van der Waals surface area contributed by atoms with Crippen molar-refractivity contribution in [3.63, 3.8) is 0 Å². The molecule has 0 aliphatic heterocycles. The molecule has 1 aromatic carbocycles. The first-order valence-corrected chi connectivity index (χ1v) is 5.75. The molecule has 3 heteroatoms. The molecule has 1 atom stereocenters. The van der Waals surface area contributed by atoms with Gasteiger partial charge in [0.15, 0.2) is 0 Å². The van der Waals surface area contributed by atoms with Crippen molar-refractivity contribution >= 4 is 0 Å². The van der Waals surface area contributed by atoms with Gasteiger partial charge in [0.1, 0.15) is 11.6 Å². The SMILES string of the molecule is CCCCNC(C)c1cc(F)ccc1OC. The predicted molar refractivity (Wildman–Crippen MR) is 64.3 cm³/mol. The molecule has 2 nitrogen and oxygen atoms in total. The minimum absolute atomic E-state index is 0.109. The zero-order valence-electron chi connectivity index (χ0n) is 10.2. The van der Waals surface area contributed by atoms with Crippen molar-refractivity contribution in [2.75, 3.05) is 13.7 Å². The van der Waals surface area contributed by atoms with Crippen molar-refractivity contribution in [2.24, 2.45) is 0 Å². The number of halogens is 1. The molecule has 0 bridgehead atoms. The van der Waals surface area contributed by atoms with E-state index in [9.17, 15) is 4.39 Å². The minimum Gasteiger partial charge on any atom is -0.496 e. The third-order valence-corrected chi connectivity index (χ3v) is 2.64. The highest BCUT2D eigenvalue weighted by Gasteiger charge is 2.11. The first-order valence-electron chi connectivity index (χ1n) is 5.75. The van der Waals surface area contributed by atoms with E-state index < -0.39 is 0 Å². The molecule has 0 saturated heterocycles. The van der Waals surface area contributed by atoms with Gasteiger partial charge in [-0.2, -0.15) is 0 Å². The fourth-order valence-electron chi connectivity index (χ4n) is 1.65. The first-order chi connectivity index (χ1) is 7.69. The van der Waals surface area contributed by atoms with E-state index >= 15 is 0 Å². The van der Waals surface area contributed by atoms with Crippen molar-refractivity contribution < 1.29 is 9.13 Å². The van der Waals surface area contributed by atoms with Gasteiger partial charge in [0.2, 0.25) is 0 Å². The summed E-state index contributed by atoms with van der Waals surface area (Å²) < 4.78 is 18.4. The monoisotopic (exact) mass is 225 g/mol. The second kappa shape index (κ2) is 6.48. The predicted octanol–water partition coefficient (Wildman–Crippen LogP) is 3.29. The summed E-state index contributed by atoms with van der Waals surface area (Å²) in [5, 5.41) is 3.36. The Labute approximate surface area is 96.8 Å². The molecule has 1 unspecified atom stereocenters. The number of hydrogen-bond donors (Lipinski definition) is 1. The van der Waals surface area contributed by atoms with Gasteiger partial charge < -0.3 is 10.1 Å². The number of unbranched alkanes of at least 4 members (excludes halogenated alkanes) is 1. The van der Waals surface area contributed by atoms with Crippen LogP contribution in [0, 0.1) is 5.82 Å². The van der Waals surface area contributed by atoms with Crippen LogP contribution in [-0.2, 0) is 0 Å². The Balaban J connectivity index is 2.72. The van der Waals surface area contributed by atoms with E-state index in [1.165, 1.54) is 12.1 Å². The molecule has 0 heterocycles. The fourth-order valence-corrected chi connectivity index (χ4v) is 1.65. The lowest BCUT2D eigenvalue weighted by Crippen LogP contribution is -2.20. The number of nitrogens with one attached hydrogen (secondary N) is 1. The third kappa shape index (κ3) is 3.49. The van der Waals surface area contributed by atoms with Crippen LogP contribution < -0.4 is 10.1 Å². The number of hydrogen-bond acceptors (Lipinski definition) is 2. The van der Waals surface area contributed by atoms with E-state index in [1.54, 1.807) is 13.2 Å². The van der Waals surface area contributed by atoms with E-state index in [-0.39, 0.29) is 11.9 Å². The van der Waals surface area contributed by atoms with E-state index in [0.717, 1.165) is 30.7 Å². The summed E-state index contributed by atoms with van der Waals surface area (Å²) in [5.41, 5.74) is 0.874. The Kier molecular flexibility index (Phi) is 5.26. The second-order valence-corrected chi connectivity index (χ2v) is 3.92. The molecule has 16 heavy (non-hydrogen) atoms. The van der Waals surface area contributed by atoms with Crippen LogP contribution in [0.5, 0.6) is 5.75 Å². The minimum atomic E-state index is -0.222. The van der Waals surface area contributed by atoms with Gasteiger partial charge in [-0.25, -0.2) is 4.39 Å². The number of benzene rings is 1. The molecule has 90 valence electrons. The van der Waals surface area contributed by atoms with Crippen LogP contribution in [0.3, 0.4) is 0 Å². The van der Waals surface area contributed by atoms with Gasteiger partial charge in [-0.05, 0) is 38.1 Å². The molecule has 0 aliphatic carbocycles. The Morgan fingerprint density at radius 1 is 1.44 bits per heavy atom. The van der Waals surface area contributed by atoms with Crippen molar-refractivity contribution in [1.82, 2.24) is 5.32 Å². The van der Waals surface area contributed by atoms with Gasteiger partial charge in [-0.1, -0.05) is 13.3 Å². The molecular formula is C13H20FNO. The van der Waals surface area contributed by atoms with Crippen LogP contribution in [0.15, 0.2) is 18.2 Å². The molecule has 0 aliphatic rings. The first kappa shape index (κ1) is 13.0. The van der Waals surface area contributed by atoms with Gasteiger partial charge in [-0.15, -0.1) is 0 Å². The lowest BCUT2D eigenvalue weighted by atomic mass is 10.1. The lowest BCUT2D eigenvalue weighted by Gasteiger charge is -2.17. The summed E-state index contributed by atoms with van der Waals surface area (Å²) in [4.78, 5) is 0. The Bertz CT molecular complexity index is 328. The Hall–Kier alpha value is -1.09. The van der Waals surface area contributed by atoms with Gasteiger partial charge >= 0.3 is 0 Å². The van der Waals surface area contributed by atoms with Gasteiger partial charge in [0, 0.05) is 11.6 Å². The van der Waals surface area contributed by atoms with Gasteiger partial charge in [0.25, 0.3) is 0 Å². The maximum atomic E-state index is 13.1. The van der Waals surface area contributed by atoms with Crippen molar-refractivity contribution in [3.8, 4) is 5.75 Å². The normalized spacial score (nSPS) is 12.5. The number of methoxy groups -OCH3 is 1. The van der Waals surface area contributed by atoms with Crippen LogP contribution in [0.4, 0.5) is 4.39 Å². The summed E-state index contributed by atoms with van der Waals surface area (Å²) in [6.45, 7) is 5.11. The Morgan fingerprint density at radius 3 is 2.81 bits per heavy atom. The summed E-state index contributed by atoms with van der Waals surface area (Å²) >= 11 is 0. The highest BCUT2D eigenvalue weighted by atomic mass is 19.1. The molecule has 0 saturated carbocycles. The standard InChI is InChI=1S/C13H20FNO/c1-4-5-8-15-10(2)12-9-11(14)6-7-13(12)16-3/h6-7,9-10,15H,4-5,8H2,1-3H3. The molecule has 0 aromatic heterocycles. The topological polar surface area (TPSA) is 21.3 Å². The quantitative estimate of drug-likeness (QED) is 0.750. The molecule has 0 spiro atoms. The smallest absolute Gasteiger partial charge is 0.123 e. The summed E-state index contributed by atoms with van der Waals surface area (Å²) in [6.07, 6.45) is 2.28. The average Bonchev–Trinajstić information content (AvgIpc) is 2.29. The van der Waals surface area contributed by atoms with E-state index in [4.69, 9.17) is 4.74 Å². The Morgan fingerprint density at radius 2 is 2.19 bits per heavy atom. The van der Waals surface area contributed by atoms with Crippen LogP contribution in [0.25, 0.3) is 0 Å². The fraction of sp³-hybridized carbons (Fsp3) is 0.538. The maximum absolute atomic E-state index is 13.1. The van der Waals surface area contributed by atoms with Gasteiger partial charge in [0.05, 0.1) is 7.11 Å². The molecule has 1 aromatic rings. The molecular weight excluding hydrogens is 205 g/mol. The largest absolute Gasteiger partial charge is 0.496 e. The zero-order chi connectivity index (χ0) is 12.0. The van der Waals surface area contributed by atoms with Crippen LogP contribution in [0.1, 0.15) is 38.3 Å². The zero-order valence-corrected chi connectivity index (χ0v) is 10.2. The van der Waals surface area contributed by atoms with Crippen LogP contribution in [0.2, 0.25) is 0 Å². The summed E-state index contributed by atoms with van der Waals surface area (Å²) in [6, 6.07) is 4.73. The molecule has 1 rings (SSSR count). The number of ether oxygens (including phenoxy) is 1. The van der Waals surface area contributed by atoms with Crippen LogP contribution >= 0.6 is 0 Å². The van der Waals surface area contributed by atoms with Crippen molar-refractivity contribution in [1.29, 1.82) is 0 Å². The summed E-state index contributed by atoms with van der Waals surface area (Å²) in [5.74, 6) is 0.512. The average molecular weight is 225 g/mol. The second-order valence-electron chi connectivity index (χ2n) is 3.92. The summed E-state index contributed by atoms with van der Waals surface area (Å²) in [7, 11) is 1.61.